The molecule has 0 heterocycles. The number of carbonyl (C=O) groups excluding carboxylic acids is 1. The molecule has 8 nitrogen and oxygen atoms in total. The van der Waals surface area contributed by atoms with Crippen LogP contribution in [0.4, 0.5) is 0 Å². The van der Waals surface area contributed by atoms with Gasteiger partial charge >= 0.3 is 7.82 Å². The molecule has 3 unspecified atom stereocenters. The lowest BCUT2D eigenvalue weighted by atomic mass is 10.1. The number of nitrogens with two attached hydrogens (primary N) is 1. The zero-order chi connectivity index (χ0) is 36.8. The highest BCUT2D eigenvalue weighted by Gasteiger charge is 2.26. The molecule has 0 rings (SSSR count). The van der Waals surface area contributed by atoms with Crippen LogP contribution in [-0.4, -0.2) is 47.8 Å². The molecule has 0 aliphatic rings. The normalized spacial score (nSPS) is 15.1. The van der Waals surface area contributed by atoms with Crippen LogP contribution in [0.3, 0.4) is 0 Å². The van der Waals surface area contributed by atoms with E-state index < -0.39 is 20.0 Å². The highest BCUT2D eigenvalue weighted by molar-refractivity contribution is 7.47. The van der Waals surface area contributed by atoms with Crippen molar-refractivity contribution in [3.05, 3.63) is 72.9 Å². The summed E-state index contributed by atoms with van der Waals surface area (Å²) in [6.07, 6.45) is 46.6. The SMILES string of the molecule is CCCC/C=C/CC/C=C/CC/C=C/C(O)C(COP(=O)(O)OCCN)NC(=O)CCCCCCCC/C=C\C/C=C\C/C=C\CCCCC. The lowest BCUT2D eigenvalue weighted by Gasteiger charge is -2.23. The molecule has 0 fully saturated rings. The summed E-state index contributed by atoms with van der Waals surface area (Å²) in [5.41, 5.74) is 5.35. The number of aliphatic hydroxyl groups is 1. The fraction of sp³-hybridized carbons (Fsp3) is 0.683. The number of phosphoric acid groups is 1. The number of nitrogens with one attached hydrogen (secondary N) is 1. The van der Waals surface area contributed by atoms with Crippen molar-refractivity contribution >= 4 is 13.7 Å². The molecule has 0 saturated heterocycles. The minimum Gasteiger partial charge on any atom is -0.387 e. The van der Waals surface area contributed by atoms with Gasteiger partial charge in [0.15, 0.2) is 0 Å². The molecule has 1 amide bonds. The van der Waals surface area contributed by atoms with Crippen LogP contribution < -0.4 is 11.1 Å². The number of hydrogen-bond acceptors (Lipinski definition) is 6. The number of aliphatic hydroxyl groups excluding tert-OH is 1. The zero-order valence-electron chi connectivity index (χ0n) is 31.6. The Morgan fingerprint density at radius 2 is 1.14 bits per heavy atom. The van der Waals surface area contributed by atoms with Gasteiger partial charge in [0.2, 0.25) is 5.91 Å². The van der Waals surface area contributed by atoms with Gasteiger partial charge in [-0.25, -0.2) is 4.57 Å². The van der Waals surface area contributed by atoms with Gasteiger partial charge in [0, 0.05) is 13.0 Å². The molecule has 3 atom stereocenters. The van der Waals surface area contributed by atoms with Crippen molar-refractivity contribution in [1.82, 2.24) is 5.32 Å². The van der Waals surface area contributed by atoms with E-state index in [1.807, 2.05) is 6.08 Å². The van der Waals surface area contributed by atoms with E-state index in [1.165, 1.54) is 51.4 Å². The van der Waals surface area contributed by atoms with Crippen LogP contribution in [0.5, 0.6) is 0 Å². The second-order valence-corrected chi connectivity index (χ2v) is 14.2. The third-order valence-corrected chi connectivity index (χ3v) is 8.97. The molecule has 0 aromatic carbocycles. The molecule has 0 aromatic heterocycles. The Hall–Kier alpha value is -2.06. The van der Waals surface area contributed by atoms with Gasteiger partial charge in [0.05, 0.1) is 25.4 Å². The van der Waals surface area contributed by atoms with E-state index in [-0.39, 0.29) is 25.7 Å². The first kappa shape index (κ1) is 47.9. The number of phosphoric ester groups is 1. The molecular weight excluding hydrogens is 647 g/mol. The summed E-state index contributed by atoms with van der Waals surface area (Å²) >= 11 is 0. The van der Waals surface area contributed by atoms with Crippen molar-refractivity contribution in [3.63, 3.8) is 0 Å². The fourth-order valence-corrected chi connectivity index (χ4v) is 5.74. The summed E-state index contributed by atoms with van der Waals surface area (Å²) in [6.45, 7) is 3.99. The molecular formula is C41H73N2O6P. The summed E-state index contributed by atoms with van der Waals surface area (Å²) in [4.78, 5) is 22.6. The molecule has 0 radical (unpaired) electrons. The first-order valence-electron chi connectivity index (χ1n) is 19.6. The Kier molecular flexibility index (Phi) is 35.2. The smallest absolute Gasteiger partial charge is 0.387 e. The lowest BCUT2D eigenvalue weighted by molar-refractivity contribution is -0.123. The average molecular weight is 721 g/mol. The van der Waals surface area contributed by atoms with Crippen LogP contribution in [0.25, 0.3) is 0 Å². The number of unbranched alkanes of at least 4 members (excludes halogenated alkanes) is 13. The van der Waals surface area contributed by atoms with Gasteiger partial charge < -0.3 is 21.1 Å². The topological polar surface area (TPSA) is 131 Å². The Balaban J connectivity index is 4.35. The predicted molar refractivity (Wildman–Crippen MR) is 212 cm³/mol. The minimum atomic E-state index is -4.35. The Bertz CT molecular complexity index is 1010. The summed E-state index contributed by atoms with van der Waals surface area (Å²) in [7, 11) is -4.35. The predicted octanol–water partition coefficient (Wildman–Crippen LogP) is 10.5. The number of hydrogen-bond donors (Lipinski definition) is 4. The van der Waals surface area contributed by atoms with Gasteiger partial charge in [-0.15, -0.1) is 0 Å². The second-order valence-electron chi connectivity index (χ2n) is 12.8. The summed E-state index contributed by atoms with van der Waals surface area (Å²) in [5.74, 6) is -0.226. The largest absolute Gasteiger partial charge is 0.472 e. The van der Waals surface area contributed by atoms with Crippen molar-refractivity contribution in [2.24, 2.45) is 5.73 Å². The van der Waals surface area contributed by atoms with Crippen molar-refractivity contribution in [3.8, 4) is 0 Å². The maximum atomic E-state index is 12.7. The molecule has 0 aromatic rings. The first-order valence-corrected chi connectivity index (χ1v) is 21.1. The first-order chi connectivity index (χ1) is 24.4. The van der Waals surface area contributed by atoms with E-state index >= 15 is 0 Å². The standard InChI is InChI=1S/C41H73N2O6P/c1-3-5-7-9-11-13-15-17-18-19-20-21-22-23-25-27-29-31-33-35-41(45)43-39(38-49-50(46,47)48-37-36-42)40(44)34-32-30-28-26-24-16-14-12-10-8-6-4-2/h10-13,17-18,20-21,24,26,32,34,39-40,44H,3-9,14-16,19,22-23,25,27-31,33,35-38,42H2,1-2H3,(H,43,45)(H,46,47)/b12-10+,13-11-,18-17-,21-20-,26-24+,34-32+. The number of rotatable bonds is 35. The van der Waals surface area contributed by atoms with Crippen molar-refractivity contribution in [2.75, 3.05) is 19.8 Å². The summed E-state index contributed by atoms with van der Waals surface area (Å²) in [6, 6.07) is -0.892. The van der Waals surface area contributed by atoms with E-state index in [0.29, 0.717) is 6.42 Å². The van der Waals surface area contributed by atoms with Gasteiger partial charge in [-0.3, -0.25) is 13.8 Å². The van der Waals surface area contributed by atoms with Crippen molar-refractivity contribution < 1.29 is 28.4 Å². The van der Waals surface area contributed by atoms with Crippen LogP contribution in [0.1, 0.15) is 149 Å². The molecule has 0 saturated carbocycles. The van der Waals surface area contributed by atoms with Gasteiger partial charge in [0.25, 0.3) is 0 Å². The number of amides is 1. The van der Waals surface area contributed by atoms with Crippen LogP contribution in [0.2, 0.25) is 0 Å². The third kappa shape index (κ3) is 34.4. The summed E-state index contributed by atoms with van der Waals surface area (Å²) < 4.78 is 22.0. The molecule has 0 aliphatic heterocycles. The lowest BCUT2D eigenvalue weighted by Crippen LogP contribution is -2.45. The molecule has 0 spiro atoms. The minimum absolute atomic E-state index is 0.0656. The van der Waals surface area contributed by atoms with Crippen LogP contribution >= 0.6 is 7.82 Å². The summed E-state index contributed by atoms with van der Waals surface area (Å²) in [5, 5.41) is 13.6. The Labute approximate surface area is 306 Å². The second kappa shape index (κ2) is 36.7. The van der Waals surface area contributed by atoms with Crippen molar-refractivity contribution in [2.45, 2.75) is 161 Å². The molecule has 288 valence electrons. The van der Waals surface area contributed by atoms with Gasteiger partial charge in [-0.2, -0.15) is 0 Å². The molecule has 0 aliphatic carbocycles. The van der Waals surface area contributed by atoms with Gasteiger partial charge in [-0.05, 0) is 77.0 Å². The van der Waals surface area contributed by atoms with Gasteiger partial charge in [0.1, 0.15) is 0 Å². The molecule has 50 heavy (non-hydrogen) atoms. The van der Waals surface area contributed by atoms with E-state index in [9.17, 15) is 19.4 Å². The van der Waals surface area contributed by atoms with Crippen LogP contribution in [0.15, 0.2) is 72.9 Å². The number of carbonyl (C=O) groups is 1. The van der Waals surface area contributed by atoms with Crippen molar-refractivity contribution in [1.29, 1.82) is 0 Å². The average Bonchev–Trinajstić information content (AvgIpc) is 3.10. The maximum absolute atomic E-state index is 12.7. The monoisotopic (exact) mass is 721 g/mol. The fourth-order valence-electron chi connectivity index (χ4n) is 4.98. The molecule has 0 bridgehead atoms. The molecule has 5 N–H and O–H groups in total. The maximum Gasteiger partial charge on any atom is 0.472 e. The van der Waals surface area contributed by atoms with Crippen LogP contribution in [-0.2, 0) is 18.4 Å². The quantitative estimate of drug-likeness (QED) is 0.0291. The number of allylic oxidation sites excluding steroid dienone is 11. The highest BCUT2D eigenvalue weighted by Crippen LogP contribution is 2.43. The molecule has 9 heteroatoms. The third-order valence-electron chi connectivity index (χ3n) is 7.98. The Morgan fingerprint density at radius 1 is 0.660 bits per heavy atom. The van der Waals surface area contributed by atoms with E-state index in [0.717, 1.165) is 77.0 Å². The highest BCUT2D eigenvalue weighted by atomic mass is 31.2. The van der Waals surface area contributed by atoms with E-state index in [1.54, 1.807) is 6.08 Å². The Morgan fingerprint density at radius 3 is 1.74 bits per heavy atom. The van der Waals surface area contributed by atoms with E-state index in [2.05, 4.69) is 79.9 Å². The zero-order valence-corrected chi connectivity index (χ0v) is 32.5. The van der Waals surface area contributed by atoms with Crippen LogP contribution in [0, 0.1) is 0 Å². The van der Waals surface area contributed by atoms with Gasteiger partial charge in [-0.1, -0.05) is 138 Å². The van der Waals surface area contributed by atoms with E-state index in [4.69, 9.17) is 14.8 Å².